The second-order valence-corrected chi connectivity index (χ2v) is 4.22. The summed E-state index contributed by atoms with van der Waals surface area (Å²) in [5, 5.41) is 0. The fourth-order valence-electron chi connectivity index (χ4n) is 2.31. The van der Waals surface area contributed by atoms with Gasteiger partial charge in [0.1, 0.15) is 0 Å². The Morgan fingerprint density at radius 1 is 1.25 bits per heavy atom. The quantitative estimate of drug-likeness (QED) is 0.721. The lowest BCUT2D eigenvalue weighted by Crippen LogP contribution is -2.29. The molecule has 0 amide bonds. The molecule has 1 heterocycles. The zero-order valence-corrected chi connectivity index (χ0v) is 11.2. The molecule has 90 valence electrons. The number of anilines is 1. The van der Waals surface area contributed by atoms with Gasteiger partial charge >= 0.3 is 0 Å². The molecule has 1 aliphatic heterocycles. The third-order valence-electron chi connectivity index (χ3n) is 2.94. The van der Waals surface area contributed by atoms with Crippen LogP contribution >= 0.6 is 0 Å². The number of rotatable bonds is 2. The van der Waals surface area contributed by atoms with E-state index in [1.165, 1.54) is 43.6 Å². The van der Waals surface area contributed by atoms with Crippen LogP contribution < -0.4 is 4.90 Å². The van der Waals surface area contributed by atoms with Crippen LogP contribution in [-0.4, -0.2) is 13.1 Å². The molecule has 0 atom stereocenters. The molecule has 0 radical (unpaired) electrons. The maximum absolute atomic E-state index is 2.53. The van der Waals surface area contributed by atoms with E-state index < -0.39 is 0 Å². The summed E-state index contributed by atoms with van der Waals surface area (Å²) >= 11 is 0. The lowest BCUT2D eigenvalue weighted by Gasteiger charge is -2.31. The van der Waals surface area contributed by atoms with Crippen molar-refractivity contribution in [3.8, 4) is 0 Å². The Hall–Kier alpha value is -0.980. The van der Waals surface area contributed by atoms with Gasteiger partial charge in [-0.05, 0) is 37.8 Å². The lowest BCUT2D eigenvalue weighted by molar-refractivity contribution is 0.681. The van der Waals surface area contributed by atoms with Crippen LogP contribution in [0, 0.1) is 6.92 Å². The van der Waals surface area contributed by atoms with E-state index in [0.29, 0.717) is 0 Å². The zero-order valence-electron chi connectivity index (χ0n) is 11.2. The van der Waals surface area contributed by atoms with Gasteiger partial charge in [0.25, 0.3) is 0 Å². The van der Waals surface area contributed by atoms with Gasteiger partial charge in [0.05, 0.1) is 0 Å². The summed E-state index contributed by atoms with van der Waals surface area (Å²) in [6.07, 6.45) is 3.82. The molecule has 0 N–H and O–H groups in total. The monoisotopic (exact) mass is 219 g/mol. The van der Waals surface area contributed by atoms with Crippen LogP contribution in [0.25, 0.3) is 0 Å². The molecule has 0 saturated carbocycles. The summed E-state index contributed by atoms with van der Waals surface area (Å²) in [6, 6.07) is 6.86. The van der Waals surface area contributed by atoms with Crippen molar-refractivity contribution in [1.29, 1.82) is 0 Å². The van der Waals surface area contributed by atoms with E-state index in [-0.39, 0.29) is 0 Å². The van der Waals surface area contributed by atoms with Gasteiger partial charge in [0.15, 0.2) is 0 Å². The van der Waals surface area contributed by atoms with E-state index in [9.17, 15) is 0 Å². The highest BCUT2D eigenvalue weighted by Crippen LogP contribution is 2.27. The van der Waals surface area contributed by atoms with E-state index in [2.05, 4.69) is 36.9 Å². The average molecular weight is 219 g/mol. The maximum atomic E-state index is 2.53. The average Bonchev–Trinajstić information content (AvgIpc) is 2.32. The highest BCUT2D eigenvalue weighted by Gasteiger charge is 2.15. The molecule has 1 aromatic carbocycles. The van der Waals surface area contributed by atoms with Gasteiger partial charge in [-0.15, -0.1) is 0 Å². The predicted molar refractivity (Wildman–Crippen MR) is 73.4 cm³/mol. The summed E-state index contributed by atoms with van der Waals surface area (Å²) in [4.78, 5) is 2.53. The van der Waals surface area contributed by atoms with Crippen molar-refractivity contribution in [2.24, 2.45) is 0 Å². The van der Waals surface area contributed by atoms with Gasteiger partial charge in [-0.3, -0.25) is 0 Å². The number of nitrogens with zero attached hydrogens (tertiary/aromatic N) is 1. The second-order valence-electron chi connectivity index (χ2n) is 4.22. The van der Waals surface area contributed by atoms with Crippen LogP contribution in [0.4, 0.5) is 5.69 Å². The van der Waals surface area contributed by atoms with Gasteiger partial charge < -0.3 is 4.90 Å². The normalized spacial score (nSPS) is 13.9. The van der Waals surface area contributed by atoms with Gasteiger partial charge in [-0.1, -0.05) is 38.5 Å². The maximum Gasteiger partial charge on any atom is 0.0398 e. The lowest BCUT2D eigenvalue weighted by atomic mass is 9.99. The van der Waals surface area contributed by atoms with Crippen LogP contribution in [-0.2, 0) is 6.42 Å². The highest BCUT2D eigenvalue weighted by molar-refractivity contribution is 5.56. The molecular formula is C15H25N. The zero-order chi connectivity index (χ0) is 12.0. The predicted octanol–water partition coefficient (Wildman–Crippen LogP) is 4.18. The molecule has 0 saturated heterocycles. The number of aryl methyl sites for hydroxylation is 2. The molecule has 0 spiro atoms. The first-order valence-corrected chi connectivity index (χ1v) is 6.65. The first kappa shape index (κ1) is 13.1. The molecule has 0 unspecified atom stereocenters. The van der Waals surface area contributed by atoms with Gasteiger partial charge in [-0.2, -0.15) is 0 Å². The van der Waals surface area contributed by atoms with Gasteiger partial charge in [0, 0.05) is 18.8 Å². The summed E-state index contributed by atoms with van der Waals surface area (Å²) in [6.45, 7) is 10.9. The highest BCUT2D eigenvalue weighted by atomic mass is 15.1. The molecule has 0 fully saturated rings. The van der Waals surface area contributed by atoms with Crippen LogP contribution in [0.1, 0.15) is 44.7 Å². The van der Waals surface area contributed by atoms with E-state index in [1.807, 2.05) is 13.8 Å². The first-order valence-electron chi connectivity index (χ1n) is 6.65. The van der Waals surface area contributed by atoms with Crippen molar-refractivity contribution < 1.29 is 0 Å². The largest absolute Gasteiger partial charge is 0.371 e. The molecule has 0 aromatic heterocycles. The van der Waals surface area contributed by atoms with Crippen LogP contribution in [0.2, 0.25) is 0 Å². The summed E-state index contributed by atoms with van der Waals surface area (Å²) in [5.41, 5.74) is 4.41. The van der Waals surface area contributed by atoms with Gasteiger partial charge in [-0.25, -0.2) is 0 Å². The van der Waals surface area contributed by atoms with Crippen LogP contribution in [0.15, 0.2) is 18.2 Å². The summed E-state index contributed by atoms with van der Waals surface area (Å²) in [7, 11) is 0. The SMILES string of the molecule is CC.CCCN1CCCc2cc(C)ccc21. The first-order chi connectivity index (χ1) is 7.81. The Morgan fingerprint density at radius 3 is 2.69 bits per heavy atom. The van der Waals surface area contributed by atoms with E-state index in [1.54, 1.807) is 5.56 Å². The van der Waals surface area contributed by atoms with Crippen molar-refractivity contribution in [1.82, 2.24) is 0 Å². The summed E-state index contributed by atoms with van der Waals surface area (Å²) in [5.74, 6) is 0. The Kier molecular flexibility index (Phi) is 5.37. The Labute approximate surface area is 100 Å². The van der Waals surface area contributed by atoms with Crippen molar-refractivity contribution >= 4 is 5.69 Å². The molecule has 0 bridgehead atoms. The third kappa shape index (κ3) is 3.01. The Balaban J connectivity index is 0.000000606. The fraction of sp³-hybridized carbons (Fsp3) is 0.600. The van der Waals surface area contributed by atoms with E-state index in [0.717, 1.165) is 0 Å². The summed E-state index contributed by atoms with van der Waals surface area (Å²) < 4.78 is 0. The molecule has 16 heavy (non-hydrogen) atoms. The van der Waals surface area contributed by atoms with E-state index in [4.69, 9.17) is 0 Å². The minimum absolute atomic E-state index is 1.20. The van der Waals surface area contributed by atoms with Crippen LogP contribution in [0.5, 0.6) is 0 Å². The number of benzene rings is 1. The Bertz CT molecular complexity index is 317. The van der Waals surface area contributed by atoms with E-state index >= 15 is 0 Å². The third-order valence-corrected chi connectivity index (χ3v) is 2.94. The van der Waals surface area contributed by atoms with Crippen molar-refractivity contribution in [2.75, 3.05) is 18.0 Å². The molecular weight excluding hydrogens is 194 g/mol. The molecule has 2 rings (SSSR count). The number of hydrogen-bond donors (Lipinski definition) is 0. The van der Waals surface area contributed by atoms with Crippen LogP contribution in [0.3, 0.4) is 0 Å². The topological polar surface area (TPSA) is 3.24 Å². The fourth-order valence-corrected chi connectivity index (χ4v) is 2.31. The Morgan fingerprint density at radius 2 is 2.00 bits per heavy atom. The minimum Gasteiger partial charge on any atom is -0.371 e. The van der Waals surface area contributed by atoms with Crippen molar-refractivity contribution in [3.05, 3.63) is 29.3 Å². The molecule has 1 aromatic rings. The molecule has 1 nitrogen and oxygen atoms in total. The number of hydrogen-bond acceptors (Lipinski definition) is 1. The molecule has 1 aliphatic rings. The smallest absolute Gasteiger partial charge is 0.0398 e. The van der Waals surface area contributed by atoms with Crippen molar-refractivity contribution in [2.45, 2.75) is 47.0 Å². The number of fused-ring (bicyclic) bond motifs is 1. The van der Waals surface area contributed by atoms with Crippen molar-refractivity contribution in [3.63, 3.8) is 0 Å². The van der Waals surface area contributed by atoms with Gasteiger partial charge in [0.2, 0.25) is 0 Å². The molecule has 0 aliphatic carbocycles. The molecule has 1 heteroatoms. The standard InChI is InChI=1S/C13H19N.C2H6/c1-3-8-14-9-4-5-12-10-11(2)6-7-13(12)14;1-2/h6-7,10H,3-5,8-9H2,1-2H3;1-2H3. The minimum atomic E-state index is 1.20. The second kappa shape index (κ2) is 6.57.